The van der Waals surface area contributed by atoms with E-state index in [0.717, 1.165) is 30.2 Å². The molecular formula is C13H19N3OS. The molecule has 1 aliphatic heterocycles. The molecular weight excluding hydrogens is 246 g/mol. The van der Waals surface area contributed by atoms with Crippen molar-refractivity contribution in [1.29, 1.82) is 0 Å². The number of carbonyl (C=O) groups is 1. The molecule has 2 rings (SSSR count). The fourth-order valence-corrected chi connectivity index (χ4v) is 2.79. The van der Waals surface area contributed by atoms with Crippen LogP contribution < -0.4 is 16.0 Å². The van der Waals surface area contributed by atoms with Crippen LogP contribution in [0.5, 0.6) is 0 Å². The lowest BCUT2D eigenvalue weighted by Gasteiger charge is -2.21. The second kappa shape index (κ2) is 6.22. The average molecular weight is 265 g/mol. The van der Waals surface area contributed by atoms with Crippen LogP contribution in [0, 0.1) is 0 Å². The first kappa shape index (κ1) is 13.4. The van der Waals surface area contributed by atoms with Crippen LogP contribution in [0.2, 0.25) is 0 Å². The molecule has 0 bridgehead atoms. The molecule has 18 heavy (non-hydrogen) atoms. The van der Waals surface area contributed by atoms with Crippen LogP contribution in [0.15, 0.2) is 23.1 Å². The van der Waals surface area contributed by atoms with Crippen LogP contribution >= 0.6 is 11.8 Å². The summed E-state index contributed by atoms with van der Waals surface area (Å²) in [5.41, 5.74) is 2.20. The molecule has 0 saturated heterocycles. The van der Waals surface area contributed by atoms with E-state index in [1.54, 1.807) is 11.8 Å². The van der Waals surface area contributed by atoms with Gasteiger partial charge in [0.15, 0.2) is 0 Å². The van der Waals surface area contributed by atoms with Gasteiger partial charge in [-0.15, -0.1) is 11.8 Å². The molecule has 1 heterocycles. The molecule has 1 aliphatic rings. The van der Waals surface area contributed by atoms with Gasteiger partial charge in [0.1, 0.15) is 0 Å². The zero-order valence-corrected chi connectivity index (χ0v) is 11.6. The Kier molecular flexibility index (Phi) is 4.63. The zero-order chi connectivity index (χ0) is 13.0. The average Bonchev–Trinajstić information content (AvgIpc) is 2.36. The van der Waals surface area contributed by atoms with Crippen LogP contribution in [-0.4, -0.2) is 31.4 Å². The van der Waals surface area contributed by atoms with E-state index in [4.69, 9.17) is 0 Å². The van der Waals surface area contributed by atoms with E-state index in [9.17, 15) is 4.79 Å². The molecule has 1 aromatic carbocycles. The molecule has 98 valence electrons. The molecule has 0 aliphatic carbocycles. The number of carbonyl (C=O) groups excluding carboxylic acids is 1. The molecule has 3 N–H and O–H groups in total. The summed E-state index contributed by atoms with van der Waals surface area (Å²) >= 11 is 1.62. The van der Waals surface area contributed by atoms with Gasteiger partial charge in [0, 0.05) is 18.1 Å². The van der Waals surface area contributed by atoms with Gasteiger partial charge in [-0.1, -0.05) is 6.07 Å². The van der Waals surface area contributed by atoms with Crippen LogP contribution in [-0.2, 0) is 11.2 Å². The standard InChI is InChI=1S/C13H19N3OS/c1-9-13(17)16-11-7-10(3-4-12(11)18-9)5-6-15-8-14-2/h3-4,7,9,14-15H,5-6,8H2,1-2H3,(H,16,17). The van der Waals surface area contributed by atoms with Crippen LogP contribution in [0.4, 0.5) is 5.69 Å². The Bertz CT molecular complexity index is 436. The third-order valence-corrected chi connectivity index (χ3v) is 4.04. The number of rotatable bonds is 5. The molecule has 0 fully saturated rings. The minimum Gasteiger partial charge on any atom is -0.324 e. The second-order valence-electron chi connectivity index (χ2n) is 4.36. The van der Waals surface area contributed by atoms with Crippen molar-refractivity contribution in [3.8, 4) is 0 Å². The van der Waals surface area contributed by atoms with Gasteiger partial charge in [-0.2, -0.15) is 0 Å². The van der Waals surface area contributed by atoms with E-state index >= 15 is 0 Å². The lowest BCUT2D eigenvalue weighted by atomic mass is 10.1. The molecule has 1 unspecified atom stereocenters. The third-order valence-electron chi connectivity index (χ3n) is 2.87. The Morgan fingerprint density at radius 2 is 2.28 bits per heavy atom. The highest BCUT2D eigenvalue weighted by atomic mass is 32.2. The van der Waals surface area contributed by atoms with Crippen molar-refractivity contribution in [1.82, 2.24) is 10.6 Å². The van der Waals surface area contributed by atoms with Crippen molar-refractivity contribution in [2.24, 2.45) is 0 Å². The van der Waals surface area contributed by atoms with Crippen molar-refractivity contribution < 1.29 is 4.79 Å². The first-order valence-corrected chi connectivity index (χ1v) is 7.04. The highest BCUT2D eigenvalue weighted by Gasteiger charge is 2.22. The predicted molar refractivity (Wildman–Crippen MR) is 76.0 cm³/mol. The van der Waals surface area contributed by atoms with Gasteiger partial charge in [-0.3, -0.25) is 4.79 Å². The van der Waals surface area contributed by atoms with E-state index in [2.05, 4.69) is 34.1 Å². The van der Waals surface area contributed by atoms with Gasteiger partial charge < -0.3 is 16.0 Å². The normalized spacial score (nSPS) is 18.3. The number of benzene rings is 1. The van der Waals surface area contributed by atoms with E-state index in [1.165, 1.54) is 5.56 Å². The number of anilines is 1. The maximum absolute atomic E-state index is 11.6. The monoisotopic (exact) mass is 265 g/mol. The largest absolute Gasteiger partial charge is 0.324 e. The minimum atomic E-state index is 0.000597. The first-order valence-electron chi connectivity index (χ1n) is 6.16. The highest BCUT2D eigenvalue weighted by Crippen LogP contribution is 2.35. The topological polar surface area (TPSA) is 53.2 Å². The number of thioether (sulfide) groups is 1. The van der Waals surface area contributed by atoms with E-state index < -0.39 is 0 Å². The van der Waals surface area contributed by atoms with E-state index in [-0.39, 0.29) is 11.2 Å². The molecule has 4 nitrogen and oxygen atoms in total. The number of amides is 1. The molecule has 5 heteroatoms. The van der Waals surface area contributed by atoms with Gasteiger partial charge in [0.25, 0.3) is 0 Å². The number of hydrogen-bond donors (Lipinski definition) is 3. The predicted octanol–water partition coefficient (Wildman–Crippen LogP) is 1.43. The second-order valence-corrected chi connectivity index (χ2v) is 5.74. The van der Waals surface area contributed by atoms with Crippen molar-refractivity contribution in [3.05, 3.63) is 23.8 Å². The third kappa shape index (κ3) is 3.25. The fourth-order valence-electron chi connectivity index (χ4n) is 1.86. The molecule has 0 aromatic heterocycles. The molecule has 1 aromatic rings. The number of fused-ring (bicyclic) bond motifs is 1. The zero-order valence-electron chi connectivity index (χ0n) is 10.7. The Labute approximate surface area is 112 Å². The summed E-state index contributed by atoms with van der Waals surface area (Å²) in [7, 11) is 1.92. The lowest BCUT2D eigenvalue weighted by Crippen LogP contribution is -2.28. The summed E-state index contributed by atoms with van der Waals surface area (Å²) in [5, 5.41) is 9.28. The van der Waals surface area contributed by atoms with Crippen molar-refractivity contribution in [2.75, 3.05) is 25.6 Å². The fraction of sp³-hybridized carbons (Fsp3) is 0.462. The van der Waals surface area contributed by atoms with Crippen LogP contribution in [0.1, 0.15) is 12.5 Å². The van der Waals surface area contributed by atoms with Crippen molar-refractivity contribution in [2.45, 2.75) is 23.5 Å². The summed E-state index contributed by atoms with van der Waals surface area (Å²) in [5.74, 6) is 0.0953. The summed E-state index contributed by atoms with van der Waals surface area (Å²) in [6.45, 7) is 3.67. The molecule has 0 radical (unpaired) electrons. The van der Waals surface area contributed by atoms with Crippen LogP contribution in [0.3, 0.4) is 0 Å². The molecule has 1 atom stereocenters. The van der Waals surface area contributed by atoms with Crippen molar-refractivity contribution in [3.63, 3.8) is 0 Å². The maximum atomic E-state index is 11.6. The van der Waals surface area contributed by atoms with E-state index in [1.807, 2.05) is 14.0 Å². The highest BCUT2D eigenvalue weighted by molar-refractivity contribution is 8.00. The molecule has 1 amide bonds. The van der Waals surface area contributed by atoms with E-state index in [0.29, 0.717) is 0 Å². The number of hydrogen-bond acceptors (Lipinski definition) is 4. The Balaban J connectivity index is 1.99. The summed E-state index contributed by atoms with van der Waals surface area (Å²) in [4.78, 5) is 12.8. The van der Waals surface area contributed by atoms with Gasteiger partial charge in [-0.05, 0) is 38.1 Å². The SMILES string of the molecule is CNCNCCc1ccc2c(c1)NC(=O)C(C)S2. The van der Waals surface area contributed by atoms with Gasteiger partial charge in [0.05, 0.1) is 10.9 Å². The minimum absolute atomic E-state index is 0.000597. The molecule has 0 spiro atoms. The Hall–Kier alpha value is -1.04. The van der Waals surface area contributed by atoms with Gasteiger partial charge in [0.2, 0.25) is 5.91 Å². The lowest BCUT2D eigenvalue weighted by molar-refractivity contribution is -0.115. The summed E-state index contributed by atoms with van der Waals surface area (Å²) < 4.78 is 0. The van der Waals surface area contributed by atoms with Crippen molar-refractivity contribution >= 4 is 23.4 Å². The van der Waals surface area contributed by atoms with Gasteiger partial charge >= 0.3 is 0 Å². The maximum Gasteiger partial charge on any atom is 0.237 e. The van der Waals surface area contributed by atoms with Gasteiger partial charge in [-0.25, -0.2) is 0 Å². The summed E-state index contributed by atoms with van der Waals surface area (Å²) in [6, 6.07) is 6.31. The Morgan fingerprint density at radius 1 is 1.44 bits per heavy atom. The number of nitrogens with one attached hydrogen (secondary N) is 3. The summed E-state index contributed by atoms with van der Waals surface area (Å²) in [6.07, 6.45) is 0.963. The quantitative estimate of drug-likeness (QED) is 0.557. The van der Waals surface area contributed by atoms with Crippen LogP contribution in [0.25, 0.3) is 0 Å². The smallest absolute Gasteiger partial charge is 0.237 e. The molecule has 0 saturated carbocycles. The Morgan fingerprint density at radius 3 is 3.06 bits per heavy atom. The first-order chi connectivity index (χ1) is 8.70.